The van der Waals surface area contributed by atoms with E-state index in [4.69, 9.17) is 4.74 Å². The molecule has 1 aromatic rings. The highest BCUT2D eigenvalue weighted by molar-refractivity contribution is 5.16. The molecule has 2 atom stereocenters. The second kappa shape index (κ2) is 8.28. The van der Waals surface area contributed by atoms with Crippen LogP contribution in [-0.2, 0) is 11.2 Å². The fourth-order valence-corrected chi connectivity index (χ4v) is 2.40. The van der Waals surface area contributed by atoms with Crippen LogP contribution in [-0.4, -0.2) is 25.3 Å². The Balaban J connectivity index is 2.73. The second-order valence-corrected chi connectivity index (χ2v) is 5.02. The van der Waals surface area contributed by atoms with Crippen LogP contribution in [0.5, 0.6) is 0 Å². The van der Waals surface area contributed by atoms with Crippen LogP contribution in [0, 0.1) is 5.92 Å². The average molecular weight is 249 g/mol. The fraction of sp³-hybridized carbons (Fsp3) is 0.625. The van der Waals surface area contributed by atoms with Gasteiger partial charge in [-0.05, 0) is 31.4 Å². The van der Waals surface area contributed by atoms with Crippen LogP contribution in [0.3, 0.4) is 0 Å². The maximum absolute atomic E-state index is 5.93. The van der Waals surface area contributed by atoms with E-state index in [1.54, 1.807) is 0 Å². The van der Waals surface area contributed by atoms with Crippen molar-refractivity contribution in [1.82, 2.24) is 5.32 Å². The zero-order valence-corrected chi connectivity index (χ0v) is 12.1. The third-order valence-electron chi connectivity index (χ3n) is 3.18. The van der Waals surface area contributed by atoms with Gasteiger partial charge in [-0.3, -0.25) is 0 Å². The molecule has 0 amide bonds. The summed E-state index contributed by atoms with van der Waals surface area (Å²) < 4.78 is 5.93. The molecule has 102 valence electrons. The minimum absolute atomic E-state index is 0.273. The van der Waals surface area contributed by atoms with Gasteiger partial charge in [-0.2, -0.15) is 0 Å². The molecule has 0 spiro atoms. The zero-order chi connectivity index (χ0) is 13.4. The second-order valence-electron chi connectivity index (χ2n) is 5.02. The molecule has 0 aliphatic carbocycles. The SMILES string of the molecule is CCNC(Cc1ccccc1)C(OCC)C(C)C. The Morgan fingerprint density at radius 1 is 1.11 bits per heavy atom. The molecule has 0 saturated carbocycles. The van der Waals surface area contributed by atoms with Crippen molar-refractivity contribution in [1.29, 1.82) is 0 Å². The van der Waals surface area contributed by atoms with Crippen molar-refractivity contribution in [3.63, 3.8) is 0 Å². The largest absolute Gasteiger partial charge is 0.377 e. The maximum Gasteiger partial charge on any atom is 0.0753 e. The van der Waals surface area contributed by atoms with Crippen LogP contribution in [0.25, 0.3) is 0 Å². The van der Waals surface area contributed by atoms with E-state index in [0.29, 0.717) is 12.0 Å². The molecule has 0 aliphatic heterocycles. The number of rotatable bonds is 8. The molecule has 0 aliphatic rings. The lowest BCUT2D eigenvalue weighted by molar-refractivity contribution is 0.00395. The summed E-state index contributed by atoms with van der Waals surface area (Å²) in [6.07, 6.45) is 1.30. The molecule has 1 N–H and O–H groups in total. The van der Waals surface area contributed by atoms with Gasteiger partial charge in [0.05, 0.1) is 6.10 Å². The summed E-state index contributed by atoms with van der Waals surface area (Å²) in [5.41, 5.74) is 1.37. The van der Waals surface area contributed by atoms with Gasteiger partial charge in [0.2, 0.25) is 0 Å². The van der Waals surface area contributed by atoms with Gasteiger partial charge in [-0.1, -0.05) is 51.1 Å². The molecular formula is C16H27NO. The van der Waals surface area contributed by atoms with E-state index in [1.807, 2.05) is 0 Å². The van der Waals surface area contributed by atoms with Gasteiger partial charge >= 0.3 is 0 Å². The topological polar surface area (TPSA) is 21.3 Å². The standard InChI is InChI=1S/C16H27NO/c1-5-17-15(16(13(3)4)18-6-2)12-14-10-8-7-9-11-14/h7-11,13,15-17H,5-6,12H2,1-4H3. The van der Waals surface area contributed by atoms with Gasteiger partial charge in [0, 0.05) is 12.6 Å². The molecule has 0 radical (unpaired) electrons. The summed E-state index contributed by atoms with van der Waals surface area (Å²) in [6, 6.07) is 11.0. The third-order valence-corrected chi connectivity index (χ3v) is 3.18. The van der Waals surface area contributed by atoms with Gasteiger partial charge in [0.25, 0.3) is 0 Å². The van der Waals surface area contributed by atoms with Crippen LogP contribution in [0.1, 0.15) is 33.3 Å². The van der Waals surface area contributed by atoms with E-state index in [9.17, 15) is 0 Å². The average Bonchev–Trinajstić information content (AvgIpc) is 2.36. The number of ether oxygens (including phenoxy) is 1. The molecule has 1 aromatic carbocycles. The van der Waals surface area contributed by atoms with E-state index < -0.39 is 0 Å². The van der Waals surface area contributed by atoms with Crippen LogP contribution >= 0.6 is 0 Å². The molecule has 0 saturated heterocycles. The number of benzene rings is 1. The first-order valence-corrected chi connectivity index (χ1v) is 7.07. The van der Waals surface area contributed by atoms with Crippen LogP contribution in [0.4, 0.5) is 0 Å². The summed E-state index contributed by atoms with van der Waals surface area (Å²) >= 11 is 0. The van der Waals surface area contributed by atoms with E-state index in [2.05, 4.69) is 63.3 Å². The summed E-state index contributed by atoms with van der Waals surface area (Å²) in [7, 11) is 0. The van der Waals surface area contributed by atoms with Crippen LogP contribution in [0.2, 0.25) is 0 Å². The fourth-order valence-electron chi connectivity index (χ4n) is 2.40. The molecule has 2 unspecified atom stereocenters. The normalized spacial score (nSPS) is 14.7. The highest BCUT2D eigenvalue weighted by atomic mass is 16.5. The van der Waals surface area contributed by atoms with Crippen LogP contribution < -0.4 is 5.32 Å². The Labute approximate surface area is 112 Å². The lowest BCUT2D eigenvalue weighted by Crippen LogP contribution is -2.45. The van der Waals surface area contributed by atoms with Crippen molar-refractivity contribution in [2.24, 2.45) is 5.92 Å². The van der Waals surface area contributed by atoms with Gasteiger partial charge < -0.3 is 10.1 Å². The molecule has 0 heterocycles. The molecule has 2 heteroatoms. The zero-order valence-electron chi connectivity index (χ0n) is 12.1. The van der Waals surface area contributed by atoms with Crippen molar-refractivity contribution in [3.8, 4) is 0 Å². The number of likely N-dealkylation sites (N-methyl/N-ethyl adjacent to an activating group) is 1. The van der Waals surface area contributed by atoms with E-state index >= 15 is 0 Å². The van der Waals surface area contributed by atoms with E-state index in [0.717, 1.165) is 19.6 Å². The third kappa shape index (κ3) is 4.79. The minimum atomic E-state index is 0.273. The van der Waals surface area contributed by atoms with Gasteiger partial charge in [-0.15, -0.1) is 0 Å². The van der Waals surface area contributed by atoms with Crippen molar-refractivity contribution in [2.75, 3.05) is 13.2 Å². The van der Waals surface area contributed by atoms with E-state index in [1.165, 1.54) is 5.56 Å². The van der Waals surface area contributed by atoms with Gasteiger partial charge in [-0.25, -0.2) is 0 Å². The molecule has 1 rings (SSSR count). The first-order valence-electron chi connectivity index (χ1n) is 7.07. The Hall–Kier alpha value is -0.860. The molecule has 0 aromatic heterocycles. The summed E-state index contributed by atoms with van der Waals surface area (Å²) in [6.45, 7) is 10.4. The molecule has 0 bridgehead atoms. The highest BCUT2D eigenvalue weighted by Crippen LogP contribution is 2.15. The first kappa shape index (κ1) is 15.2. The maximum atomic E-state index is 5.93. The lowest BCUT2D eigenvalue weighted by Gasteiger charge is -2.30. The van der Waals surface area contributed by atoms with Gasteiger partial charge in [0.1, 0.15) is 0 Å². The smallest absolute Gasteiger partial charge is 0.0753 e. The highest BCUT2D eigenvalue weighted by Gasteiger charge is 2.24. The van der Waals surface area contributed by atoms with Crippen molar-refractivity contribution >= 4 is 0 Å². The Morgan fingerprint density at radius 3 is 2.28 bits per heavy atom. The predicted octanol–water partition coefficient (Wildman–Crippen LogP) is 3.27. The van der Waals surface area contributed by atoms with Gasteiger partial charge in [0.15, 0.2) is 0 Å². The number of hydrogen-bond donors (Lipinski definition) is 1. The Morgan fingerprint density at radius 2 is 1.78 bits per heavy atom. The molecule has 18 heavy (non-hydrogen) atoms. The van der Waals surface area contributed by atoms with Crippen molar-refractivity contribution < 1.29 is 4.74 Å². The summed E-state index contributed by atoms with van der Waals surface area (Å²) in [4.78, 5) is 0. The predicted molar refractivity (Wildman–Crippen MR) is 77.9 cm³/mol. The Kier molecular flexibility index (Phi) is 6.99. The summed E-state index contributed by atoms with van der Waals surface area (Å²) in [5, 5.41) is 3.57. The molecule has 2 nitrogen and oxygen atoms in total. The number of nitrogens with one attached hydrogen (secondary N) is 1. The van der Waals surface area contributed by atoms with Crippen molar-refractivity contribution in [2.45, 2.75) is 46.3 Å². The molecular weight excluding hydrogens is 222 g/mol. The quantitative estimate of drug-likeness (QED) is 0.763. The minimum Gasteiger partial charge on any atom is -0.377 e. The first-order chi connectivity index (χ1) is 8.69. The Bertz CT molecular complexity index is 310. The lowest BCUT2D eigenvalue weighted by atomic mass is 9.94. The molecule has 0 fully saturated rings. The number of hydrogen-bond acceptors (Lipinski definition) is 2. The van der Waals surface area contributed by atoms with Crippen molar-refractivity contribution in [3.05, 3.63) is 35.9 Å². The van der Waals surface area contributed by atoms with Crippen LogP contribution in [0.15, 0.2) is 30.3 Å². The summed E-state index contributed by atoms with van der Waals surface area (Å²) in [5.74, 6) is 0.526. The monoisotopic (exact) mass is 249 g/mol. The van der Waals surface area contributed by atoms with E-state index in [-0.39, 0.29) is 6.10 Å².